The molecule has 6 nitrogen and oxygen atoms in total. The Labute approximate surface area is 207 Å². The predicted octanol–water partition coefficient (Wildman–Crippen LogP) is 6.33. The molecule has 0 saturated carbocycles. The van der Waals surface area contributed by atoms with Crippen molar-refractivity contribution in [1.82, 2.24) is 9.47 Å². The van der Waals surface area contributed by atoms with E-state index in [-0.39, 0.29) is 24.5 Å². The summed E-state index contributed by atoms with van der Waals surface area (Å²) in [5, 5.41) is 0.0951. The summed E-state index contributed by atoms with van der Waals surface area (Å²) in [5.41, 5.74) is 7.14. The number of carbonyl (C=O) groups excluding carboxylic acids is 2. The highest BCUT2D eigenvalue weighted by Crippen LogP contribution is 2.40. The molecule has 2 amide bonds. The topological polar surface area (TPSA) is 60.8 Å². The summed E-state index contributed by atoms with van der Waals surface area (Å²) in [6.07, 6.45) is 1.80. The van der Waals surface area contributed by atoms with Gasteiger partial charge < -0.3 is 14.0 Å². The molecule has 0 bridgehead atoms. The first-order chi connectivity index (χ1) is 16.2. The number of ether oxygens (including phenoxy) is 2. The van der Waals surface area contributed by atoms with Crippen molar-refractivity contribution in [2.75, 3.05) is 6.79 Å². The van der Waals surface area contributed by atoms with Gasteiger partial charge in [-0.15, -0.1) is 0 Å². The fourth-order valence-corrected chi connectivity index (χ4v) is 5.35. The summed E-state index contributed by atoms with van der Waals surface area (Å²) >= 11 is 7.30. The highest BCUT2D eigenvalue weighted by atomic mass is 35.5. The van der Waals surface area contributed by atoms with E-state index in [9.17, 15) is 9.59 Å². The van der Waals surface area contributed by atoms with Gasteiger partial charge in [-0.25, -0.2) is 0 Å². The third-order valence-electron chi connectivity index (χ3n) is 6.32. The highest BCUT2D eigenvalue weighted by molar-refractivity contribution is 8.18. The molecular formula is C26H23ClN2O4S. The standard InChI is InChI=1S/C26H23ClN2O4S/c1-14-6-5-7-21(16(14)3)29-15(2)8-18(17(29)4)10-24-25(30)28(26(31)34-24)12-19-9-22-23(11-20(19)27)33-13-32-22/h5-11H,12-13H2,1-4H3/b24-10-. The van der Waals surface area contributed by atoms with Crippen LogP contribution in [0.5, 0.6) is 11.5 Å². The first kappa shape index (κ1) is 22.6. The van der Waals surface area contributed by atoms with Crippen LogP contribution >= 0.6 is 23.4 Å². The van der Waals surface area contributed by atoms with Crippen molar-refractivity contribution in [3.63, 3.8) is 0 Å². The highest BCUT2D eigenvalue weighted by Gasteiger charge is 2.36. The predicted molar refractivity (Wildman–Crippen MR) is 134 cm³/mol. The molecule has 8 heteroatoms. The van der Waals surface area contributed by atoms with Gasteiger partial charge in [0.1, 0.15) is 0 Å². The third kappa shape index (κ3) is 3.79. The van der Waals surface area contributed by atoms with E-state index in [0.717, 1.165) is 34.4 Å². The summed E-state index contributed by atoms with van der Waals surface area (Å²) in [4.78, 5) is 27.5. The first-order valence-electron chi connectivity index (χ1n) is 10.8. The molecule has 1 fully saturated rings. The number of fused-ring (bicyclic) bond motifs is 1. The summed E-state index contributed by atoms with van der Waals surface area (Å²) in [6, 6.07) is 11.6. The van der Waals surface area contributed by atoms with Crippen molar-refractivity contribution < 1.29 is 19.1 Å². The molecule has 3 heterocycles. The second-order valence-corrected chi connectivity index (χ2v) is 9.85. The lowest BCUT2D eigenvalue weighted by atomic mass is 10.1. The zero-order chi connectivity index (χ0) is 24.1. The second kappa shape index (κ2) is 8.56. The molecule has 1 aromatic heterocycles. The van der Waals surface area contributed by atoms with Gasteiger partial charge >= 0.3 is 0 Å². The minimum Gasteiger partial charge on any atom is -0.454 e. The molecular weight excluding hydrogens is 472 g/mol. The second-order valence-electron chi connectivity index (χ2n) is 8.45. The van der Waals surface area contributed by atoms with Crippen molar-refractivity contribution in [2.45, 2.75) is 34.2 Å². The van der Waals surface area contributed by atoms with Gasteiger partial charge in [0, 0.05) is 28.2 Å². The Bertz CT molecular complexity index is 1390. The Hall–Kier alpha value is -3.16. The molecule has 2 aliphatic heterocycles. The number of halogens is 1. The number of nitrogens with zero attached hydrogens (tertiary/aromatic N) is 2. The Kier molecular flexibility index (Phi) is 5.70. The van der Waals surface area contributed by atoms with E-state index in [1.807, 2.05) is 26.0 Å². The molecule has 5 rings (SSSR count). The van der Waals surface area contributed by atoms with E-state index >= 15 is 0 Å². The van der Waals surface area contributed by atoms with Gasteiger partial charge in [-0.1, -0.05) is 23.7 Å². The van der Waals surface area contributed by atoms with Crippen molar-refractivity contribution in [3.05, 3.63) is 80.0 Å². The van der Waals surface area contributed by atoms with Crippen LogP contribution in [0.4, 0.5) is 4.79 Å². The molecule has 0 spiro atoms. The molecule has 174 valence electrons. The Morgan fingerprint density at radius 2 is 1.79 bits per heavy atom. The normalized spacial score (nSPS) is 16.3. The molecule has 0 atom stereocenters. The smallest absolute Gasteiger partial charge is 0.293 e. The number of hydrogen-bond donors (Lipinski definition) is 0. The van der Waals surface area contributed by atoms with Crippen LogP contribution in [0.1, 0.15) is 33.6 Å². The molecule has 0 unspecified atom stereocenters. The minimum atomic E-state index is -0.333. The number of amides is 2. The Morgan fingerprint density at radius 1 is 1.06 bits per heavy atom. The summed E-state index contributed by atoms with van der Waals surface area (Å²) < 4.78 is 12.9. The van der Waals surface area contributed by atoms with E-state index in [0.29, 0.717) is 27.0 Å². The van der Waals surface area contributed by atoms with Crippen LogP contribution in [0.3, 0.4) is 0 Å². The Balaban J connectivity index is 1.44. The van der Waals surface area contributed by atoms with Crippen molar-refractivity contribution in [2.24, 2.45) is 0 Å². The number of rotatable bonds is 4. The fourth-order valence-electron chi connectivity index (χ4n) is 4.31. The van der Waals surface area contributed by atoms with Gasteiger partial charge in [0.2, 0.25) is 6.79 Å². The SMILES string of the molecule is Cc1cccc(-n2c(C)cc(/C=C3\SC(=O)N(Cc4cc5c(cc4Cl)OCO5)C3=O)c2C)c1C. The summed E-state index contributed by atoms with van der Waals surface area (Å²) in [7, 11) is 0. The monoisotopic (exact) mass is 494 g/mol. The quantitative estimate of drug-likeness (QED) is 0.396. The number of carbonyl (C=O) groups is 2. The minimum absolute atomic E-state index is 0.0684. The van der Waals surface area contributed by atoms with Gasteiger partial charge in [0.15, 0.2) is 11.5 Å². The van der Waals surface area contributed by atoms with Crippen LogP contribution < -0.4 is 9.47 Å². The first-order valence-corrected chi connectivity index (χ1v) is 12.0. The fraction of sp³-hybridized carbons (Fsp3) is 0.231. The van der Waals surface area contributed by atoms with E-state index in [2.05, 4.69) is 30.5 Å². The average Bonchev–Trinajstić information content (AvgIpc) is 3.43. The van der Waals surface area contributed by atoms with E-state index in [4.69, 9.17) is 21.1 Å². The molecule has 2 aliphatic rings. The van der Waals surface area contributed by atoms with Crippen molar-refractivity contribution in [3.8, 4) is 17.2 Å². The summed E-state index contributed by atoms with van der Waals surface area (Å²) in [5.74, 6) is 0.781. The van der Waals surface area contributed by atoms with Gasteiger partial charge in [-0.2, -0.15) is 0 Å². The van der Waals surface area contributed by atoms with Crippen LogP contribution in [0.25, 0.3) is 11.8 Å². The zero-order valence-corrected chi connectivity index (χ0v) is 20.8. The molecule has 0 N–H and O–H groups in total. The van der Waals surface area contributed by atoms with Crippen molar-refractivity contribution >= 4 is 40.6 Å². The Morgan fingerprint density at radius 3 is 2.56 bits per heavy atom. The lowest BCUT2D eigenvalue weighted by Crippen LogP contribution is -2.27. The maximum Gasteiger partial charge on any atom is 0.293 e. The molecule has 34 heavy (non-hydrogen) atoms. The number of aromatic nitrogens is 1. The van der Waals surface area contributed by atoms with Gasteiger partial charge in [0.25, 0.3) is 11.1 Å². The van der Waals surface area contributed by atoms with E-state index in [1.165, 1.54) is 16.0 Å². The maximum absolute atomic E-state index is 13.2. The number of hydrogen-bond acceptors (Lipinski definition) is 5. The molecule has 2 aromatic carbocycles. The number of thioether (sulfide) groups is 1. The largest absolute Gasteiger partial charge is 0.454 e. The van der Waals surface area contributed by atoms with E-state index < -0.39 is 0 Å². The average molecular weight is 495 g/mol. The van der Waals surface area contributed by atoms with Gasteiger partial charge in [0.05, 0.1) is 11.4 Å². The van der Waals surface area contributed by atoms with Gasteiger partial charge in [-0.05, 0) is 86.0 Å². The molecule has 0 radical (unpaired) electrons. The molecule has 3 aromatic rings. The van der Waals surface area contributed by atoms with E-state index in [1.54, 1.807) is 18.2 Å². The van der Waals surface area contributed by atoms with Crippen LogP contribution in [-0.2, 0) is 11.3 Å². The van der Waals surface area contributed by atoms with Crippen molar-refractivity contribution in [1.29, 1.82) is 0 Å². The number of benzene rings is 2. The lowest BCUT2D eigenvalue weighted by Gasteiger charge is -2.14. The van der Waals surface area contributed by atoms with Crippen LogP contribution in [-0.4, -0.2) is 27.4 Å². The van der Waals surface area contributed by atoms with Crippen LogP contribution in [0.15, 0.2) is 41.3 Å². The number of aryl methyl sites for hydroxylation is 2. The maximum atomic E-state index is 13.2. The lowest BCUT2D eigenvalue weighted by molar-refractivity contribution is -0.123. The van der Waals surface area contributed by atoms with Crippen LogP contribution in [0, 0.1) is 27.7 Å². The number of imide groups is 1. The summed E-state index contributed by atoms with van der Waals surface area (Å²) in [6.45, 7) is 8.46. The third-order valence-corrected chi connectivity index (χ3v) is 7.58. The molecule has 1 saturated heterocycles. The molecule has 0 aliphatic carbocycles. The van der Waals surface area contributed by atoms with Gasteiger partial charge in [-0.3, -0.25) is 14.5 Å². The zero-order valence-electron chi connectivity index (χ0n) is 19.3. The van der Waals surface area contributed by atoms with Crippen LogP contribution in [0.2, 0.25) is 5.02 Å².